The summed E-state index contributed by atoms with van der Waals surface area (Å²) in [5.41, 5.74) is 15.7. The first kappa shape index (κ1) is 38.4. The van der Waals surface area contributed by atoms with E-state index in [-0.39, 0.29) is 0 Å². The highest BCUT2D eigenvalue weighted by Crippen LogP contribution is 2.46. The number of imidazole rings is 1. The number of para-hydroxylation sites is 5. The Balaban J connectivity index is 1.02. The summed E-state index contributed by atoms with van der Waals surface area (Å²) in [6, 6.07) is 78.5. The second-order valence-electron chi connectivity index (χ2n) is 17.8. The van der Waals surface area contributed by atoms with Crippen LogP contribution in [0.15, 0.2) is 229 Å². The molecule has 6 heterocycles. The lowest BCUT2D eigenvalue weighted by Gasteiger charge is -2.12. The molecule has 9 aromatic carbocycles. The Morgan fingerprint density at radius 2 is 0.871 bits per heavy atom. The molecule has 0 fully saturated rings. The van der Waals surface area contributed by atoms with Crippen LogP contribution in [0.3, 0.4) is 0 Å². The van der Waals surface area contributed by atoms with Gasteiger partial charge in [0.05, 0.1) is 43.9 Å². The van der Waals surface area contributed by atoms with Crippen LogP contribution in [0.4, 0.5) is 0 Å². The van der Waals surface area contributed by atoms with Crippen LogP contribution in [0.2, 0.25) is 0 Å². The van der Waals surface area contributed by atoms with Crippen LogP contribution in [0.25, 0.3) is 139 Å². The maximum atomic E-state index is 6.91. The van der Waals surface area contributed by atoms with Crippen LogP contribution >= 0.6 is 0 Å². The van der Waals surface area contributed by atoms with Crippen LogP contribution in [0, 0.1) is 0 Å². The van der Waals surface area contributed by atoms with Crippen LogP contribution in [-0.4, -0.2) is 33.5 Å². The van der Waals surface area contributed by atoms with Crippen LogP contribution in [0.1, 0.15) is 0 Å². The SMILES string of the molecule is c1ccc(-c2nc(-c3ccccc3)nc(-c3cccc(-n4c5ccc(-c6ccc7c(c6)c6ccccc6n7-c6ccccc6)cc5c5c4c4c6ccccc6oc4n4c6ccccc6nc54)c3)n2)cc1. The second kappa shape index (κ2) is 14.9. The van der Waals surface area contributed by atoms with Crippen LogP contribution < -0.4 is 0 Å². The van der Waals surface area contributed by atoms with E-state index in [4.69, 9.17) is 24.4 Å². The molecule has 0 amide bonds. The van der Waals surface area contributed by atoms with E-state index in [0.717, 1.165) is 99.7 Å². The van der Waals surface area contributed by atoms with E-state index >= 15 is 0 Å². The number of benzene rings is 9. The van der Waals surface area contributed by atoms with Crippen molar-refractivity contribution in [3.05, 3.63) is 224 Å². The van der Waals surface area contributed by atoms with Gasteiger partial charge in [-0.1, -0.05) is 152 Å². The number of fused-ring (bicyclic) bond motifs is 15. The summed E-state index contributed by atoms with van der Waals surface area (Å²) in [4.78, 5) is 20.7. The highest BCUT2D eigenvalue weighted by molar-refractivity contribution is 6.29. The number of pyridine rings is 1. The van der Waals surface area contributed by atoms with Gasteiger partial charge in [-0.25, -0.2) is 19.9 Å². The molecule has 0 N–H and O–H groups in total. The standard InChI is InChI=1S/C62H37N7O/c1-4-17-38(18-5-1)58-64-59(39-19-6-2-7-20-39)66-60(65-58)42-21-16-24-44(35-42)68-52-34-32-41(40-31-33-51-47(36-40)45-25-10-13-28-50(45)67(51)43-22-8-3-9-23-43)37-48(52)55-57(68)56-46-26-11-15-30-54(46)70-62(56)69-53-29-14-12-27-49(53)63-61(55)69/h1-37H. The van der Waals surface area contributed by atoms with Crippen LogP contribution in [0.5, 0.6) is 0 Å². The van der Waals surface area contributed by atoms with Crippen LogP contribution in [-0.2, 0) is 0 Å². The normalized spacial score (nSPS) is 12.0. The topological polar surface area (TPSA) is 79.0 Å². The summed E-state index contributed by atoms with van der Waals surface area (Å²) in [7, 11) is 0. The van der Waals surface area contributed by atoms with Gasteiger partial charge in [-0.15, -0.1) is 0 Å². The fourth-order valence-electron chi connectivity index (χ4n) is 10.7. The van der Waals surface area contributed by atoms with Crippen molar-refractivity contribution < 1.29 is 4.42 Å². The number of nitrogens with zero attached hydrogens (tertiary/aromatic N) is 7. The zero-order valence-electron chi connectivity index (χ0n) is 37.4. The van der Waals surface area contributed by atoms with Gasteiger partial charge >= 0.3 is 0 Å². The minimum Gasteiger partial charge on any atom is -0.439 e. The maximum Gasteiger partial charge on any atom is 0.216 e. The number of hydrogen-bond donors (Lipinski definition) is 0. The van der Waals surface area contributed by atoms with E-state index in [9.17, 15) is 0 Å². The molecule has 0 aliphatic rings. The smallest absolute Gasteiger partial charge is 0.216 e. The molecule has 15 aromatic rings. The largest absolute Gasteiger partial charge is 0.439 e. The molecular formula is C62H37N7O. The first-order valence-corrected chi connectivity index (χ1v) is 23.5. The van der Waals surface area contributed by atoms with Crippen molar-refractivity contribution in [1.82, 2.24) is 33.5 Å². The maximum absolute atomic E-state index is 6.91. The number of furan rings is 1. The Morgan fingerprint density at radius 3 is 1.60 bits per heavy atom. The molecule has 0 spiro atoms. The predicted octanol–water partition coefficient (Wildman–Crippen LogP) is 15.4. The molecule has 0 atom stereocenters. The molecule has 0 bridgehead atoms. The van der Waals surface area contributed by atoms with E-state index in [1.807, 2.05) is 72.8 Å². The second-order valence-corrected chi connectivity index (χ2v) is 17.8. The summed E-state index contributed by atoms with van der Waals surface area (Å²) in [5, 5.41) is 6.57. The van der Waals surface area contributed by atoms with Gasteiger partial charge in [0.15, 0.2) is 23.1 Å². The summed E-state index contributed by atoms with van der Waals surface area (Å²) in [6.07, 6.45) is 0. The predicted molar refractivity (Wildman–Crippen MR) is 284 cm³/mol. The summed E-state index contributed by atoms with van der Waals surface area (Å²) in [5.74, 6) is 1.81. The lowest BCUT2D eigenvalue weighted by atomic mass is 10.0. The zero-order chi connectivity index (χ0) is 45.9. The van der Waals surface area contributed by atoms with E-state index in [2.05, 4.69) is 165 Å². The molecule has 15 rings (SSSR count). The molecule has 0 saturated carbocycles. The van der Waals surface area contributed by atoms with Gasteiger partial charge in [-0.2, -0.15) is 0 Å². The molecule has 70 heavy (non-hydrogen) atoms. The summed E-state index contributed by atoms with van der Waals surface area (Å²) >= 11 is 0. The van der Waals surface area contributed by atoms with Crippen molar-refractivity contribution in [2.24, 2.45) is 0 Å². The number of aromatic nitrogens is 7. The van der Waals surface area contributed by atoms with E-state index < -0.39 is 0 Å². The first-order chi connectivity index (χ1) is 34.7. The number of hydrogen-bond acceptors (Lipinski definition) is 5. The van der Waals surface area contributed by atoms with Crippen molar-refractivity contribution in [3.63, 3.8) is 0 Å². The molecule has 0 aliphatic carbocycles. The zero-order valence-corrected chi connectivity index (χ0v) is 37.4. The average molecular weight is 896 g/mol. The molecule has 8 heteroatoms. The van der Waals surface area contributed by atoms with E-state index in [1.165, 1.54) is 21.8 Å². The molecule has 0 saturated heterocycles. The first-order valence-electron chi connectivity index (χ1n) is 23.5. The Morgan fingerprint density at radius 1 is 0.329 bits per heavy atom. The molecule has 0 unspecified atom stereocenters. The minimum atomic E-state index is 0.586. The molecule has 0 radical (unpaired) electrons. The summed E-state index contributed by atoms with van der Waals surface area (Å²) in [6.45, 7) is 0. The fourth-order valence-corrected chi connectivity index (χ4v) is 10.7. The lowest BCUT2D eigenvalue weighted by molar-refractivity contribution is 0.650. The van der Waals surface area contributed by atoms with Crippen molar-refractivity contribution in [2.75, 3.05) is 0 Å². The number of rotatable bonds is 6. The van der Waals surface area contributed by atoms with E-state index in [0.29, 0.717) is 17.5 Å². The van der Waals surface area contributed by atoms with Crippen molar-refractivity contribution in [2.45, 2.75) is 0 Å². The monoisotopic (exact) mass is 895 g/mol. The average Bonchev–Trinajstić information content (AvgIpc) is 4.19. The van der Waals surface area contributed by atoms with Gasteiger partial charge in [0.2, 0.25) is 5.71 Å². The highest BCUT2D eigenvalue weighted by atomic mass is 16.3. The molecule has 0 aliphatic heterocycles. The minimum absolute atomic E-state index is 0.586. The third-order valence-electron chi connectivity index (χ3n) is 13.9. The van der Waals surface area contributed by atoms with Gasteiger partial charge in [-0.05, 0) is 83.9 Å². The third-order valence-corrected chi connectivity index (χ3v) is 13.9. The molecule has 6 aromatic heterocycles. The summed E-state index contributed by atoms with van der Waals surface area (Å²) < 4.78 is 13.9. The van der Waals surface area contributed by atoms with E-state index in [1.54, 1.807) is 0 Å². The lowest BCUT2D eigenvalue weighted by Crippen LogP contribution is -2.01. The van der Waals surface area contributed by atoms with Gasteiger partial charge < -0.3 is 13.6 Å². The quantitative estimate of drug-likeness (QED) is 0.166. The van der Waals surface area contributed by atoms with Gasteiger partial charge in [0.1, 0.15) is 5.58 Å². The van der Waals surface area contributed by atoms with Gasteiger partial charge in [0, 0.05) is 49.6 Å². The van der Waals surface area contributed by atoms with Gasteiger partial charge in [0.25, 0.3) is 0 Å². The molecule has 326 valence electrons. The highest BCUT2D eigenvalue weighted by Gasteiger charge is 2.26. The fraction of sp³-hybridized carbons (Fsp3) is 0. The Kier molecular flexibility index (Phi) is 8.20. The molecule has 8 nitrogen and oxygen atoms in total. The Labute approximate surface area is 399 Å². The van der Waals surface area contributed by atoms with Crippen molar-refractivity contribution in [3.8, 4) is 56.7 Å². The van der Waals surface area contributed by atoms with Crippen molar-refractivity contribution >= 4 is 82.4 Å². The van der Waals surface area contributed by atoms with Crippen molar-refractivity contribution in [1.29, 1.82) is 0 Å². The molecular weight excluding hydrogens is 859 g/mol. The Hall–Kier alpha value is -9.66. The van der Waals surface area contributed by atoms with Gasteiger partial charge in [-0.3, -0.25) is 4.40 Å². The third kappa shape index (κ3) is 5.71. The Bertz CT molecular complexity index is 4530.